The van der Waals surface area contributed by atoms with Crippen molar-refractivity contribution in [1.29, 1.82) is 0 Å². The lowest BCUT2D eigenvalue weighted by Gasteiger charge is -2.28. The zero-order chi connectivity index (χ0) is 18.0. The van der Waals surface area contributed by atoms with Gasteiger partial charge >= 0.3 is 0 Å². The monoisotopic (exact) mass is 368 g/mol. The second kappa shape index (κ2) is 6.92. The Kier molecular flexibility index (Phi) is 4.86. The van der Waals surface area contributed by atoms with Crippen LogP contribution in [0.4, 0.5) is 0 Å². The van der Waals surface area contributed by atoms with Gasteiger partial charge in [-0.3, -0.25) is 9.48 Å². The molecule has 0 aliphatic carbocycles. The number of rotatable bonds is 5. The predicted octanol–water partition coefficient (Wildman–Crippen LogP) is -0.128. The average Bonchev–Trinajstić information content (AvgIpc) is 3.21. The second-order valence-electron chi connectivity index (χ2n) is 6.04. The van der Waals surface area contributed by atoms with Crippen LogP contribution in [-0.4, -0.2) is 57.9 Å². The summed E-state index contributed by atoms with van der Waals surface area (Å²) in [6.45, 7) is 1.01. The second-order valence-corrected chi connectivity index (χ2v) is 8.02. The number of amides is 1. The van der Waals surface area contributed by atoms with E-state index in [1.807, 2.05) is 0 Å². The van der Waals surface area contributed by atoms with E-state index in [9.17, 15) is 13.2 Å². The minimum Gasteiger partial charge on any atom is -0.342 e. The molecule has 3 rings (SSSR count). The predicted molar refractivity (Wildman–Crippen MR) is 87.1 cm³/mol. The van der Waals surface area contributed by atoms with Crippen LogP contribution < -0.4 is 5.32 Å². The molecule has 0 atom stereocenters. The fraction of sp³-hybridized carbons (Fsp3) is 0.571. The highest BCUT2D eigenvalue weighted by molar-refractivity contribution is 7.88. The molecule has 0 spiro atoms. The maximum Gasteiger partial charge on any atom is 0.272 e. The van der Waals surface area contributed by atoms with Crippen LogP contribution in [0, 0.1) is 0 Å². The molecule has 1 aliphatic rings. The summed E-state index contributed by atoms with van der Waals surface area (Å²) in [5.41, 5.74) is 0.315. The Morgan fingerprint density at radius 1 is 1.40 bits per heavy atom. The first-order valence-electron chi connectivity index (χ1n) is 7.88. The number of carbonyl (C=O) groups is 1. The van der Waals surface area contributed by atoms with Crippen molar-refractivity contribution in [2.24, 2.45) is 7.05 Å². The van der Waals surface area contributed by atoms with Gasteiger partial charge in [-0.05, 0) is 18.9 Å². The molecule has 11 heteroatoms. The molecule has 2 aromatic heterocycles. The van der Waals surface area contributed by atoms with Gasteiger partial charge in [-0.15, -0.1) is 0 Å². The Balaban J connectivity index is 1.54. The van der Waals surface area contributed by atoms with Crippen LogP contribution in [0.5, 0.6) is 0 Å². The molecule has 0 radical (unpaired) electrons. The SMILES string of the molecule is Cn1ccc(C(=O)NCc2nc(C3CCN(S(C)(=O)=O)CC3)no2)n1. The first-order valence-corrected chi connectivity index (χ1v) is 9.73. The van der Waals surface area contributed by atoms with Crippen molar-refractivity contribution < 1.29 is 17.7 Å². The molecule has 0 saturated carbocycles. The summed E-state index contributed by atoms with van der Waals surface area (Å²) in [7, 11) is -1.42. The van der Waals surface area contributed by atoms with Crippen molar-refractivity contribution in [3.63, 3.8) is 0 Å². The van der Waals surface area contributed by atoms with Crippen molar-refractivity contribution >= 4 is 15.9 Å². The molecule has 1 amide bonds. The van der Waals surface area contributed by atoms with Crippen molar-refractivity contribution in [1.82, 2.24) is 29.5 Å². The Morgan fingerprint density at radius 3 is 2.72 bits per heavy atom. The van der Waals surface area contributed by atoms with E-state index in [0.717, 1.165) is 0 Å². The fourth-order valence-corrected chi connectivity index (χ4v) is 3.61. The Labute approximate surface area is 145 Å². The summed E-state index contributed by atoms with van der Waals surface area (Å²) < 4.78 is 31.2. The van der Waals surface area contributed by atoms with Gasteiger partial charge in [0.25, 0.3) is 5.91 Å². The highest BCUT2D eigenvalue weighted by atomic mass is 32.2. The number of hydrogen-bond acceptors (Lipinski definition) is 7. The molecule has 1 aliphatic heterocycles. The summed E-state index contributed by atoms with van der Waals surface area (Å²) in [6.07, 6.45) is 4.19. The van der Waals surface area contributed by atoms with Gasteiger partial charge in [0, 0.05) is 32.3 Å². The van der Waals surface area contributed by atoms with Gasteiger partial charge in [-0.2, -0.15) is 10.1 Å². The average molecular weight is 368 g/mol. The van der Waals surface area contributed by atoms with Gasteiger partial charge in [0.05, 0.1) is 12.8 Å². The number of carbonyl (C=O) groups excluding carboxylic acids is 1. The van der Waals surface area contributed by atoms with Crippen LogP contribution in [0.1, 0.15) is 41.0 Å². The summed E-state index contributed by atoms with van der Waals surface area (Å²) in [4.78, 5) is 16.2. The normalized spacial score (nSPS) is 16.9. The van der Waals surface area contributed by atoms with Crippen molar-refractivity contribution in [3.05, 3.63) is 29.7 Å². The summed E-state index contributed by atoms with van der Waals surface area (Å²) in [5, 5.41) is 10.6. The third-order valence-electron chi connectivity index (χ3n) is 4.12. The lowest BCUT2D eigenvalue weighted by molar-refractivity contribution is 0.0940. The van der Waals surface area contributed by atoms with Gasteiger partial charge < -0.3 is 9.84 Å². The Bertz CT molecular complexity index is 850. The maximum absolute atomic E-state index is 11.9. The third-order valence-corrected chi connectivity index (χ3v) is 5.42. The zero-order valence-corrected chi connectivity index (χ0v) is 14.9. The molecule has 0 aromatic carbocycles. The first kappa shape index (κ1) is 17.5. The number of aromatic nitrogens is 4. The molecule has 25 heavy (non-hydrogen) atoms. The fourth-order valence-electron chi connectivity index (χ4n) is 2.73. The highest BCUT2D eigenvalue weighted by Crippen LogP contribution is 2.26. The molecule has 1 fully saturated rings. The quantitative estimate of drug-likeness (QED) is 0.780. The summed E-state index contributed by atoms with van der Waals surface area (Å²) >= 11 is 0. The Morgan fingerprint density at radius 2 is 2.12 bits per heavy atom. The topological polar surface area (TPSA) is 123 Å². The molecule has 1 saturated heterocycles. The van der Waals surface area contributed by atoms with E-state index in [1.165, 1.54) is 10.6 Å². The van der Waals surface area contributed by atoms with Crippen molar-refractivity contribution in [2.75, 3.05) is 19.3 Å². The molecule has 3 heterocycles. The largest absolute Gasteiger partial charge is 0.342 e. The first-order chi connectivity index (χ1) is 11.8. The molecule has 2 aromatic rings. The van der Waals surface area contributed by atoms with Gasteiger partial charge in [-0.1, -0.05) is 5.16 Å². The van der Waals surface area contributed by atoms with Gasteiger partial charge in [0.2, 0.25) is 15.9 Å². The van der Waals surface area contributed by atoms with Crippen LogP contribution in [0.25, 0.3) is 0 Å². The van der Waals surface area contributed by atoms with Crippen LogP contribution in [0.3, 0.4) is 0 Å². The molecule has 10 nitrogen and oxygen atoms in total. The zero-order valence-electron chi connectivity index (χ0n) is 14.0. The number of piperidine rings is 1. The van der Waals surface area contributed by atoms with E-state index < -0.39 is 10.0 Å². The summed E-state index contributed by atoms with van der Waals surface area (Å²) in [5.74, 6) is 0.601. The van der Waals surface area contributed by atoms with E-state index in [0.29, 0.717) is 43.3 Å². The minimum atomic E-state index is -3.16. The number of sulfonamides is 1. The van der Waals surface area contributed by atoms with E-state index in [1.54, 1.807) is 24.0 Å². The van der Waals surface area contributed by atoms with E-state index >= 15 is 0 Å². The minimum absolute atomic E-state index is 0.0574. The van der Waals surface area contributed by atoms with Gasteiger partial charge in [-0.25, -0.2) is 12.7 Å². The van der Waals surface area contributed by atoms with E-state index in [-0.39, 0.29) is 18.4 Å². The van der Waals surface area contributed by atoms with Crippen molar-refractivity contribution in [2.45, 2.75) is 25.3 Å². The van der Waals surface area contributed by atoms with Crippen LogP contribution in [0.15, 0.2) is 16.8 Å². The van der Waals surface area contributed by atoms with E-state index in [4.69, 9.17) is 4.52 Å². The molecular weight excluding hydrogens is 348 g/mol. The smallest absolute Gasteiger partial charge is 0.272 e. The molecular formula is C14H20N6O4S. The van der Waals surface area contributed by atoms with E-state index in [2.05, 4.69) is 20.6 Å². The van der Waals surface area contributed by atoms with Gasteiger partial charge in [0.15, 0.2) is 5.82 Å². The standard InChI is InChI=1S/C14H20N6O4S/c1-19-6-5-11(17-19)14(21)15-9-12-16-13(18-24-12)10-3-7-20(8-4-10)25(2,22)23/h5-6,10H,3-4,7-9H2,1-2H3,(H,15,21). The highest BCUT2D eigenvalue weighted by Gasteiger charge is 2.28. The lowest BCUT2D eigenvalue weighted by Crippen LogP contribution is -2.37. The molecule has 0 bridgehead atoms. The van der Waals surface area contributed by atoms with Crippen molar-refractivity contribution in [3.8, 4) is 0 Å². The van der Waals surface area contributed by atoms with Crippen LogP contribution >= 0.6 is 0 Å². The lowest BCUT2D eigenvalue weighted by atomic mass is 9.98. The third kappa shape index (κ3) is 4.23. The number of nitrogens with one attached hydrogen (secondary N) is 1. The molecule has 136 valence electrons. The molecule has 0 unspecified atom stereocenters. The van der Waals surface area contributed by atoms with Gasteiger partial charge in [0.1, 0.15) is 5.69 Å². The van der Waals surface area contributed by atoms with Crippen LogP contribution in [-0.2, 0) is 23.6 Å². The summed E-state index contributed by atoms with van der Waals surface area (Å²) in [6, 6.07) is 1.62. The maximum atomic E-state index is 11.9. The molecule has 1 N–H and O–H groups in total. The number of aryl methyl sites for hydroxylation is 1. The van der Waals surface area contributed by atoms with Crippen LogP contribution in [0.2, 0.25) is 0 Å². The Hall–Kier alpha value is -2.27. The number of hydrogen-bond donors (Lipinski definition) is 1. The number of nitrogens with zero attached hydrogens (tertiary/aromatic N) is 5.